The van der Waals surface area contributed by atoms with Crippen LogP contribution in [-0.2, 0) is 0 Å². The van der Waals surface area contributed by atoms with Crippen LogP contribution >= 0.6 is 0 Å². The fourth-order valence-electron chi connectivity index (χ4n) is 4.70. The molecule has 3 aromatic rings. The third-order valence-electron chi connectivity index (χ3n) is 6.06. The Kier molecular flexibility index (Phi) is 4.78. The second-order valence-electron chi connectivity index (χ2n) is 7.85. The molecule has 1 heterocycles. The highest BCUT2D eigenvalue weighted by Gasteiger charge is 2.34. The SMILES string of the molecule is O=C(Nc1ccccc1)NC1CCN(C2c3ccccc3-c3ccccc32)CC1. The van der Waals surface area contributed by atoms with Crippen LogP contribution in [0.25, 0.3) is 11.1 Å². The van der Waals surface area contributed by atoms with Gasteiger partial charge in [0, 0.05) is 24.8 Å². The van der Waals surface area contributed by atoms with Crippen molar-refractivity contribution in [3.63, 3.8) is 0 Å². The molecule has 4 nitrogen and oxygen atoms in total. The van der Waals surface area contributed by atoms with Crippen LogP contribution in [0.5, 0.6) is 0 Å². The highest BCUT2D eigenvalue weighted by molar-refractivity contribution is 5.89. The lowest BCUT2D eigenvalue weighted by atomic mass is 9.98. The van der Waals surface area contributed by atoms with E-state index in [0.717, 1.165) is 31.6 Å². The van der Waals surface area contributed by atoms with Gasteiger partial charge in [0.05, 0.1) is 6.04 Å². The highest BCUT2D eigenvalue weighted by Crippen LogP contribution is 2.46. The quantitative estimate of drug-likeness (QED) is 0.665. The number of urea groups is 1. The molecule has 1 aliphatic carbocycles. The Morgan fingerprint density at radius 2 is 1.31 bits per heavy atom. The van der Waals surface area contributed by atoms with Gasteiger partial charge in [-0.25, -0.2) is 4.79 Å². The van der Waals surface area contributed by atoms with Crippen molar-refractivity contribution in [1.82, 2.24) is 10.2 Å². The van der Waals surface area contributed by atoms with Gasteiger partial charge in [-0.3, -0.25) is 4.90 Å². The first-order valence-electron chi connectivity index (χ1n) is 10.3. The highest BCUT2D eigenvalue weighted by atomic mass is 16.2. The van der Waals surface area contributed by atoms with Crippen LogP contribution < -0.4 is 10.6 Å². The van der Waals surface area contributed by atoms with Gasteiger partial charge in [0.2, 0.25) is 0 Å². The normalized spacial score (nSPS) is 16.8. The van der Waals surface area contributed by atoms with E-state index < -0.39 is 0 Å². The van der Waals surface area contributed by atoms with E-state index >= 15 is 0 Å². The Hall–Kier alpha value is -3.11. The van der Waals surface area contributed by atoms with E-state index in [0.29, 0.717) is 6.04 Å². The number of hydrogen-bond donors (Lipinski definition) is 2. The molecule has 0 unspecified atom stereocenters. The number of hydrogen-bond acceptors (Lipinski definition) is 2. The van der Waals surface area contributed by atoms with Crippen LogP contribution in [0.3, 0.4) is 0 Å². The van der Waals surface area contributed by atoms with Gasteiger partial charge in [-0.2, -0.15) is 0 Å². The number of nitrogens with one attached hydrogen (secondary N) is 2. The summed E-state index contributed by atoms with van der Waals surface area (Å²) in [6.07, 6.45) is 1.92. The Morgan fingerprint density at radius 3 is 1.93 bits per heavy atom. The number of benzene rings is 3. The zero-order valence-electron chi connectivity index (χ0n) is 16.3. The maximum Gasteiger partial charge on any atom is 0.319 e. The third-order valence-corrected chi connectivity index (χ3v) is 6.06. The van der Waals surface area contributed by atoms with Gasteiger partial charge in [-0.15, -0.1) is 0 Å². The molecule has 0 radical (unpaired) electrons. The standard InChI is InChI=1S/C25H25N3O/c29-25(26-18-8-2-1-3-9-18)27-19-14-16-28(17-15-19)24-22-12-6-4-10-20(22)21-11-5-7-13-23(21)24/h1-13,19,24H,14-17H2,(H2,26,27,29). The molecule has 29 heavy (non-hydrogen) atoms. The molecule has 0 bridgehead atoms. The van der Waals surface area contributed by atoms with E-state index in [9.17, 15) is 4.79 Å². The molecular formula is C25H25N3O. The van der Waals surface area contributed by atoms with Crippen molar-refractivity contribution in [2.75, 3.05) is 18.4 Å². The number of piperidine rings is 1. The summed E-state index contributed by atoms with van der Waals surface area (Å²) in [5, 5.41) is 6.06. The largest absolute Gasteiger partial charge is 0.335 e. The smallest absolute Gasteiger partial charge is 0.319 e. The molecule has 0 atom stereocenters. The number of carbonyl (C=O) groups excluding carboxylic acids is 1. The van der Waals surface area contributed by atoms with Crippen LogP contribution in [-0.4, -0.2) is 30.1 Å². The molecule has 0 saturated carbocycles. The minimum absolute atomic E-state index is 0.119. The average Bonchev–Trinajstić information content (AvgIpc) is 3.10. The van der Waals surface area contributed by atoms with Gasteiger partial charge in [-0.1, -0.05) is 66.7 Å². The van der Waals surface area contributed by atoms with E-state index in [1.165, 1.54) is 22.3 Å². The summed E-state index contributed by atoms with van der Waals surface area (Å²) in [5.41, 5.74) is 6.34. The van der Waals surface area contributed by atoms with Crippen molar-refractivity contribution >= 4 is 11.7 Å². The minimum atomic E-state index is -0.119. The Morgan fingerprint density at radius 1 is 0.759 bits per heavy atom. The van der Waals surface area contributed by atoms with Gasteiger partial charge >= 0.3 is 6.03 Å². The lowest BCUT2D eigenvalue weighted by molar-refractivity contribution is 0.166. The number of likely N-dealkylation sites (tertiary alicyclic amines) is 1. The van der Waals surface area contributed by atoms with Crippen LogP contribution in [0.1, 0.15) is 30.0 Å². The second-order valence-corrected chi connectivity index (χ2v) is 7.85. The summed E-state index contributed by atoms with van der Waals surface area (Å²) in [6, 6.07) is 27.5. The first kappa shape index (κ1) is 18.0. The maximum atomic E-state index is 12.3. The molecule has 146 valence electrons. The molecule has 2 amide bonds. The maximum absolute atomic E-state index is 12.3. The fourth-order valence-corrected chi connectivity index (χ4v) is 4.70. The summed E-state index contributed by atoms with van der Waals surface area (Å²) in [4.78, 5) is 14.9. The number of anilines is 1. The van der Waals surface area contributed by atoms with E-state index in [2.05, 4.69) is 64.1 Å². The first-order valence-corrected chi connectivity index (χ1v) is 10.3. The molecule has 0 aromatic heterocycles. The van der Waals surface area contributed by atoms with Gasteiger partial charge in [0.25, 0.3) is 0 Å². The van der Waals surface area contributed by atoms with Gasteiger partial charge in [-0.05, 0) is 47.2 Å². The van der Waals surface area contributed by atoms with E-state index in [4.69, 9.17) is 0 Å². The number of nitrogens with zero attached hydrogens (tertiary/aromatic N) is 1. The van der Waals surface area contributed by atoms with Gasteiger partial charge < -0.3 is 10.6 Å². The minimum Gasteiger partial charge on any atom is -0.335 e. The van der Waals surface area contributed by atoms with Crippen molar-refractivity contribution in [2.45, 2.75) is 24.9 Å². The van der Waals surface area contributed by atoms with Crippen LogP contribution in [0, 0.1) is 0 Å². The lowest BCUT2D eigenvalue weighted by Crippen LogP contribution is -2.46. The number of amides is 2. The molecule has 5 rings (SSSR count). The number of carbonyl (C=O) groups is 1. The zero-order chi connectivity index (χ0) is 19.6. The van der Waals surface area contributed by atoms with Crippen LogP contribution in [0.15, 0.2) is 78.9 Å². The number of fused-ring (bicyclic) bond motifs is 3. The van der Waals surface area contributed by atoms with Gasteiger partial charge in [0.15, 0.2) is 0 Å². The predicted octanol–water partition coefficient (Wildman–Crippen LogP) is 5.04. The van der Waals surface area contributed by atoms with Crippen molar-refractivity contribution in [1.29, 1.82) is 0 Å². The number of para-hydroxylation sites is 1. The van der Waals surface area contributed by atoms with Gasteiger partial charge in [0.1, 0.15) is 0 Å². The summed E-state index contributed by atoms with van der Waals surface area (Å²) >= 11 is 0. The fraction of sp³-hybridized carbons (Fsp3) is 0.240. The van der Waals surface area contributed by atoms with E-state index in [1.807, 2.05) is 30.3 Å². The summed E-state index contributed by atoms with van der Waals surface area (Å²) in [5.74, 6) is 0. The number of rotatable bonds is 3. The molecule has 4 heteroatoms. The molecule has 1 fully saturated rings. The van der Waals surface area contributed by atoms with Crippen molar-refractivity contribution in [2.24, 2.45) is 0 Å². The zero-order valence-corrected chi connectivity index (χ0v) is 16.3. The second kappa shape index (κ2) is 7.72. The van der Waals surface area contributed by atoms with Crippen molar-refractivity contribution in [3.8, 4) is 11.1 Å². The predicted molar refractivity (Wildman–Crippen MR) is 117 cm³/mol. The summed E-state index contributed by atoms with van der Waals surface area (Å²) in [6.45, 7) is 1.95. The Bertz CT molecular complexity index is 964. The molecule has 0 spiro atoms. The summed E-state index contributed by atoms with van der Waals surface area (Å²) in [7, 11) is 0. The third kappa shape index (κ3) is 3.52. The van der Waals surface area contributed by atoms with Crippen LogP contribution in [0.2, 0.25) is 0 Å². The lowest BCUT2D eigenvalue weighted by Gasteiger charge is -2.37. The molecule has 1 aliphatic heterocycles. The molecule has 1 saturated heterocycles. The molecule has 2 N–H and O–H groups in total. The Labute approximate surface area is 171 Å². The Balaban J connectivity index is 1.25. The van der Waals surface area contributed by atoms with E-state index in [1.54, 1.807) is 0 Å². The first-order chi connectivity index (χ1) is 14.3. The molecule has 2 aliphatic rings. The summed E-state index contributed by atoms with van der Waals surface area (Å²) < 4.78 is 0. The molecular weight excluding hydrogens is 358 g/mol. The molecule has 3 aromatic carbocycles. The average molecular weight is 383 g/mol. The van der Waals surface area contributed by atoms with Crippen molar-refractivity contribution in [3.05, 3.63) is 90.0 Å². The topological polar surface area (TPSA) is 44.4 Å². The monoisotopic (exact) mass is 383 g/mol. The van der Waals surface area contributed by atoms with Crippen LogP contribution in [0.4, 0.5) is 10.5 Å². The van der Waals surface area contributed by atoms with Crippen molar-refractivity contribution < 1.29 is 4.79 Å². The van der Waals surface area contributed by atoms with E-state index in [-0.39, 0.29) is 12.1 Å².